The Morgan fingerprint density at radius 1 is 1.48 bits per heavy atom. The van der Waals surface area contributed by atoms with Crippen molar-refractivity contribution >= 4 is 17.2 Å². The Balaban J connectivity index is 2.02. The van der Waals surface area contributed by atoms with E-state index >= 15 is 0 Å². The molecule has 2 N–H and O–H groups in total. The average molecular weight is 334 g/mol. The summed E-state index contributed by atoms with van der Waals surface area (Å²) in [6.07, 6.45) is 1.27. The highest BCUT2D eigenvalue weighted by Gasteiger charge is 2.24. The van der Waals surface area contributed by atoms with Crippen molar-refractivity contribution in [3.05, 3.63) is 46.4 Å². The second-order valence-electron chi connectivity index (χ2n) is 5.64. The zero-order valence-corrected chi connectivity index (χ0v) is 14.2. The summed E-state index contributed by atoms with van der Waals surface area (Å²) in [5, 5.41) is 14.1. The Hall–Kier alpha value is -1.92. The highest BCUT2D eigenvalue weighted by atomic mass is 32.1. The second kappa shape index (κ2) is 8.08. The number of aliphatic hydroxyl groups excluding tert-OH is 1. The summed E-state index contributed by atoms with van der Waals surface area (Å²) in [6.45, 7) is 4.35. The molecule has 6 heteroatoms. The first-order chi connectivity index (χ1) is 11.1. The van der Waals surface area contributed by atoms with E-state index in [4.69, 9.17) is 9.84 Å². The number of aromatic nitrogens is 1. The van der Waals surface area contributed by atoms with Crippen molar-refractivity contribution in [1.82, 2.24) is 10.3 Å². The minimum Gasteiger partial charge on any atom is -0.487 e. The normalized spacial score (nSPS) is 13.3. The molecule has 0 fully saturated rings. The van der Waals surface area contributed by atoms with Crippen LogP contribution in [-0.4, -0.2) is 28.1 Å². The van der Waals surface area contributed by atoms with Crippen LogP contribution in [0.5, 0.6) is 5.75 Å². The van der Waals surface area contributed by atoms with Crippen LogP contribution in [-0.2, 0) is 6.61 Å². The van der Waals surface area contributed by atoms with Gasteiger partial charge in [0.1, 0.15) is 12.4 Å². The number of amides is 1. The summed E-state index contributed by atoms with van der Waals surface area (Å²) in [5.74, 6) is 0.466. The summed E-state index contributed by atoms with van der Waals surface area (Å²) >= 11 is 1.52. The first-order valence-electron chi connectivity index (χ1n) is 7.59. The van der Waals surface area contributed by atoms with Gasteiger partial charge in [-0.25, -0.2) is 4.98 Å². The summed E-state index contributed by atoms with van der Waals surface area (Å²) in [4.78, 5) is 16.6. The molecule has 1 atom stereocenters. The van der Waals surface area contributed by atoms with E-state index in [-0.39, 0.29) is 12.5 Å². The molecule has 1 amide bonds. The third kappa shape index (κ3) is 5.04. The molecule has 1 unspecified atom stereocenters. The van der Waals surface area contributed by atoms with Crippen LogP contribution in [0.3, 0.4) is 0 Å². The molecule has 0 radical (unpaired) electrons. The molecule has 0 spiro atoms. The van der Waals surface area contributed by atoms with E-state index in [2.05, 4.69) is 10.3 Å². The van der Waals surface area contributed by atoms with Crippen LogP contribution in [0.15, 0.2) is 35.2 Å². The van der Waals surface area contributed by atoms with Gasteiger partial charge >= 0.3 is 0 Å². The number of carbonyl (C=O) groups is 1. The fraction of sp³-hybridized carbons (Fsp3) is 0.412. The van der Waals surface area contributed by atoms with Crippen LogP contribution in [0.4, 0.5) is 0 Å². The fourth-order valence-corrected chi connectivity index (χ4v) is 2.66. The molecule has 1 aromatic heterocycles. The highest BCUT2D eigenvalue weighted by Crippen LogP contribution is 2.18. The van der Waals surface area contributed by atoms with Crippen molar-refractivity contribution in [3.8, 4) is 5.75 Å². The Morgan fingerprint density at radius 2 is 2.30 bits per heavy atom. The molecule has 2 rings (SSSR count). The quantitative estimate of drug-likeness (QED) is 0.778. The molecule has 0 saturated carbocycles. The van der Waals surface area contributed by atoms with E-state index in [9.17, 15) is 4.79 Å². The number of hydrogen-bond donors (Lipinski definition) is 2. The maximum Gasteiger partial charge on any atom is 0.251 e. The van der Waals surface area contributed by atoms with E-state index in [1.807, 2.05) is 25.3 Å². The lowest BCUT2D eigenvalue weighted by molar-refractivity contribution is 0.0885. The van der Waals surface area contributed by atoms with Crippen molar-refractivity contribution in [3.63, 3.8) is 0 Å². The minimum absolute atomic E-state index is 0.0431. The number of hydrogen-bond acceptors (Lipinski definition) is 5. The lowest BCUT2D eigenvalue weighted by atomic mass is 9.94. The van der Waals surface area contributed by atoms with Crippen LogP contribution < -0.4 is 10.1 Å². The lowest BCUT2D eigenvalue weighted by Crippen LogP contribution is -2.46. The third-order valence-electron chi connectivity index (χ3n) is 3.83. The number of carbonyl (C=O) groups excluding carboxylic acids is 1. The van der Waals surface area contributed by atoms with E-state index in [0.717, 1.165) is 12.1 Å². The van der Waals surface area contributed by atoms with Gasteiger partial charge in [0.25, 0.3) is 5.91 Å². The predicted molar refractivity (Wildman–Crippen MR) is 90.8 cm³/mol. The number of nitrogens with one attached hydrogen (secondary N) is 1. The Labute approximate surface area is 140 Å². The Bertz CT molecular complexity index is 631. The number of aliphatic hydroxyl groups is 1. The molecule has 2 aromatic rings. The van der Waals surface area contributed by atoms with Gasteiger partial charge < -0.3 is 15.2 Å². The number of nitrogens with zero attached hydrogens (tertiary/aromatic N) is 1. The molecular weight excluding hydrogens is 312 g/mol. The molecule has 0 aliphatic rings. The zero-order valence-electron chi connectivity index (χ0n) is 13.4. The molecule has 23 heavy (non-hydrogen) atoms. The average Bonchev–Trinajstić information content (AvgIpc) is 3.07. The Kier molecular flexibility index (Phi) is 6.12. The van der Waals surface area contributed by atoms with Crippen molar-refractivity contribution in [2.75, 3.05) is 6.61 Å². The topological polar surface area (TPSA) is 71.5 Å². The largest absolute Gasteiger partial charge is 0.487 e. The molecule has 0 saturated heterocycles. The summed E-state index contributed by atoms with van der Waals surface area (Å²) in [5.41, 5.74) is 2.75. The van der Waals surface area contributed by atoms with Crippen LogP contribution in [0.2, 0.25) is 0 Å². The number of benzene rings is 1. The van der Waals surface area contributed by atoms with Gasteiger partial charge in [-0.05, 0) is 38.0 Å². The fourth-order valence-electron chi connectivity index (χ4n) is 2.11. The monoisotopic (exact) mass is 334 g/mol. The predicted octanol–water partition coefficient (Wildman–Crippen LogP) is 3.00. The first-order valence-corrected chi connectivity index (χ1v) is 8.54. The van der Waals surface area contributed by atoms with E-state index in [1.54, 1.807) is 23.7 Å². The zero-order chi connectivity index (χ0) is 16.7. The van der Waals surface area contributed by atoms with Gasteiger partial charge in [-0.3, -0.25) is 4.79 Å². The van der Waals surface area contributed by atoms with Gasteiger partial charge in [-0.15, -0.1) is 11.3 Å². The van der Waals surface area contributed by atoms with E-state index in [1.165, 1.54) is 11.3 Å². The maximum absolute atomic E-state index is 12.4. The molecule has 0 aliphatic carbocycles. The Morgan fingerprint density at radius 3 is 2.96 bits per heavy atom. The molecule has 1 aromatic carbocycles. The van der Waals surface area contributed by atoms with Gasteiger partial charge in [-0.1, -0.05) is 13.0 Å². The van der Waals surface area contributed by atoms with Crippen molar-refractivity contribution in [2.45, 2.75) is 38.8 Å². The standard InChI is InChI=1S/C17H22N2O3S/c1-3-17(2,7-8-20)19-16(21)13-5-4-6-15(9-13)22-10-14-11-23-12-18-14/h4-6,9,11-12,20H,3,7-8,10H2,1-2H3,(H,19,21). The summed E-state index contributed by atoms with van der Waals surface area (Å²) in [6, 6.07) is 7.08. The van der Waals surface area contributed by atoms with Gasteiger partial charge in [0.15, 0.2) is 0 Å². The summed E-state index contributed by atoms with van der Waals surface area (Å²) < 4.78 is 5.67. The van der Waals surface area contributed by atoms with Gasteiger partial charge in [0.05, 0.1) is 11.2 Å². The molecule has 5 nitrogen and oxygen atoms in total. The number of ether oxygens (including phenoxy) is 1. The lowest BCUT2D eigenvalue weighted by Gasteiger charge is -2.29. The number of rotatable bonds is 8. The van der Waals surface area contributed by atoms with Crippen molar-refractivity contribution < 1.29 is 14.6 Å². The van der Waals surface area contributed by atoms with Crippen LogP contribution >= 0.6 is 11.3 Å². The maximum atomic E-state index is 12.4. The molecule has 0 aliphatic heterocycles. The molecule has 1 heterocycles. The van der Waals surface area contributed by atoms with Crippen molar-refractivity contribution in [1.29, 1.82) is 0 Å². The van der Waals surface area contributed by atoms with E-state index in [0.29, 0.717) is 24.3 Å². The first kappa shape index (κ1) is 17.4. The molecular formula is C17H22N2O3S. The van der Waals surface area contributed by atoms with Gasteiger partial charge in [0, 0.05) is 23.1 Å². The smallest absolute Gasteiger partial charge is 0.251 e. The third-order valence-corrected chi connectivity index (χ3v) is 4.46. The summed E-state index contributed by atoms with van der Waals surface area (Å²) in [7, 11) is 0. The SMILES string of the molecule is CCC(C)(CCO)NC(=O)c1cccc(OCc2cscn2)c1. The van der Waals surface area contributed by atoms with Crippen LogP contribution in [0, 0.1) is 0 Å². The second-order valence-corrected chi connectivity index (χ2v) is 6.36. The van der Waals surface area contributed by atoms with E-state index < -0.39 is 5.54 Å². The van der Waals surface area contributed by atoms with Gasteiger partial charge in [-0.2, -0.15) is 0 Å². The molecule has 124 valence electrons. The van der Waals surface area contributed by atoms with Crippen molar-refractivity contribution in [2.24, 2.45) is 0 Å². The minimum atomic E-state index is -0.413. The van der Waals surface area contributed by atoms with Crippen LogP contribution in [0.25, 0.3) is 0 Å². The molecule has 0 bridgehead atoms. The number of thiazole rings is 1. The van der Waals surface area contributed by atoms with Gasteiger partial charge in [0.2, 0.25) is 0 Å². The highest BCUT2D eigenvalue weighted by molar-refractivity contribution is 7.07. The van der Waals surface area contributed by atoms with Crippen LogP contribution in [0.1, 0.15) is 42.7 Å².